The fourth-order valence-corrected chi connectivity index (χ4v) is 3.71. The average molecular weight is 272 g/mol. The molecular weight excluding hydrogens is 256 g/mol. The van der Waals surface area contributed by atoms with Crippen molar-refractivity contribution in [3.8, 4) is 0 Å². The van der Waals surface area contributed by atoms with Gasteiger partial charge in [-0.2, -0.15) is 0 Å². The van der Waals surface area contributed by atoms with Crippen LogP contribution < -0.4 is 0 Å². The summed E-state index contributed by atoms with van der Waals surface area (Å²) in [5.74, 6) is -0.785. The van der Waals surface area contributed by atoms with Gasteiger partial charge in [-0.15, -0.1) is 0 Å². The van der Waals surface area contributed by atoms with Gasteiger partial charge in [0.1, 0.15) is 0 Å². The Morgan fingerprint density at radius 1 is 0.947 bits per heavy atom. The van der Waals surface area contributed by atoms with Gasteiger partial charge in [0.15, 0.2) is 0 Å². The lowest BCUT2D eigenvalue weighted by Crippen LogP contribution is -2.36. The lowest BCUT2D eigenvalue weighted by atomic mass is 9.96. The Kier molecular flexibility index (Phi) is 3.35. The molecule has 1 aliphatic heterocycles. The summed E-state index contributed by atoms with van der Waals surface area (Å²) >= 11 is 1.77. The van der Waals surface area contributed by atoms with E-state index in [0.29, 0.717) is 6.61 Å². The van der Waals surface area contributed by atoms with Crippen molar-refractivity contribution in [1.29, 1.82) is 0 Å². The van der Waals surface area contributed by atoms with Gasteiger partial charge in [-0.25, -0.2) is 0 Å². The molecule has 0 radical (unpaired) electrons. The molecule has 0 spiro atoms. The first kappa shape index (κ1) is 12.7. The molecular formula is C16H16O2S. The Balaban J connectivity index is 2.27. The summed E-state index contributed by atoms with van der Waals surface area (Å²) in [5.41, 5.74) is 2.17. The van der Waals surface area contributed by atoms with Gasteiger partial charge in [-0.3, -0.25) is 0 Å². The summed E-state index contributed by atoms with van der Waals surface area (Å²) < 4.78 is 11.9. The molecule has 0 bridgehead atoms. The Labute approximate surface area is 117 Å². The molecule has 2 nitrogen and oxygen atoms in total. The number of ether oxygens (including phenoxy) is 2. The number of hydrogen-bond donors (Lipinski definition) is 0. The van der Waals surface area contributed by atoms with Crippen molar-refractivity contribution in [2.45, 2.75) is 22.5 Å². The van der Waals surface area contributed by atoms with Crippen molar-refractivity contribution in [3.05, 3.63) is 59.7 Å². The van der Waals surface area contributed by atoms with Crippen LogP contribution in [0, 0.1) is 0 Å². The molecule has 0 amide bonds. The van der Waals surface area contributed by atoms with Gasteiger partial charge in [-0.1, -0.05) is 48.2 Å². The lowest BCUT2D eigenvalue weighted by molar-refractivity contribution is -0.202. The number of hydrogen-bond acceptors (Lipinski definition) is 3. The van der Waals surface area contributed by atoms with Gasteiger partial charge >= 0.3 is 0 Å². The van der Waals surface area contributed by atoms with Crippen molar-refractivity contribution < 1.29 is 9.47 Å². The van der Waals surface area contributed by atoms with E-state index in [2.05, 4.69) is 24.3 Å². The molecule has 0 fully saturated rings. The molecule has 0 atom stereocenters. The molecule has 0 aromatic heterocycles. The normalized spacial score (nSPS) is 15.7. The van der Waals surface area contributed by atoms with E-state index < -0.39 is 5.79 Å². The van der Waals surface area contributed by atoms with Crippen molar-refractivity contribution in [1.82, 2.24) is 0 Å². The van der Waals surface area contributed by atoms with Crippen LogP contribution in [0.25, 0.3) is 0 Å². The van der Waals surface area contributed by atoms with Gasteiger partial charge in [0, 0.05) is 34.6 Å². The number of rotatable bonds is 3. The molecule has 2 aromatic rings. The van der Waals surface area contributed by atoms with E-state index in [1.807, 2.05) is 31.2 Å². The zero-order valence-electron chi connectivity index (χ0n) is 11.1. The van der Waals surface area contributed by atoms with E-state index in [9.17, 15) is 0 Å². The standard InChI is InChI=1S/C16H16O2S/c1-3-18-16(17-2)12-8-4-6-10-14(12)19-15-11-7-5-9-13(15)16/h4-11H,3H2,1-2H3. The molecule has 3 rings (SSSR count). The molecule has 1 heterocycles. The zero-order valence-corrected chi connectivity index (χ0v) is 11.9. The highest BCUT2D eigenvalue weighted by Crippen LogP contribution is 2.49. The maximum absolute atomic E-state index is 6.04. The van der Waals surface area contributed by atoms with E-state index in [-0.39, 0.29) is 0 Å². The summed E-state index contributed by atoms with van der Waals surface area (Å²) in [4.78, 5) is 2.38. The van der Waals surface area contributed by atoms with E-state index in [4.69, 9.17) is 9.47 Å². The van der Waals surface area contributed by atoms with Gasteiger partial charge in [0.2, 0.25) is 5.79 Å². The molecule has 2 aromatic carbocycles. The maximum Gasteiger partial charge on any atom is 0.224 e. The SMILES string of the molecule is CCOC1(OC)c2ccccc2Sc2ccccc21. The Hall–Kier alpha value is -1.29. The van der Waals surface area contributed by atoms with Crippen molar-refractivity contribution in [2.24, 2.45) is 0 Å². The van der Waals surface area contributed by atoms with Gasteiger partial charge < -0.3 is 9.47 Å². The molecule has 0 saturated carbocycles. The summed E-state index contributed by atoms with van der Waals surface area (Å²) in [6.45, 7) is 2.59. The third-order valence-electron chi connectivity index (χ3n) is 3.34. The predicted octanol–water partition coefficient (Wildman–Crippen LogP) is 4.04. The van der Waals surface area contributed by atoms with Crippen LogP contribution in [0.3, 0.4) is 0 Å². The number of benzene rings is 2. The van der Waals surface area contributed by atoms with Crippen LogP contribution in [-0.4, -0.2) is 13.7 Å². The Morgan fingerprint density at radius 2 is 1.47 bits per heavy atom. The Bertz CT molecular complexity index is 549. The molecule has 1 aliphatic rings. The first-order valence-electron chi connectivity index (χ1n) is 6.38. The van der Waals surface area contributed by atoms with Gasteiger partial charge in [0.25, 0.3) is 0 Å². The van der Waals surface area contributed by atoms with Crippen molar-refractivity contribution in [2.75, 3.05) is 13.7 Å². The first-order valence-corrected chi connectivity index (χ1v) is 7.19. The van der Waals surface area contributed by atoms with E-state index in [1.54, 1.807) is 18.9 Å². The van der Waals surface area contributed by atoms with Crippen LogP contribution >= 0.6 is 11.8 Å². The molecule has 98 valence electrons. The second-order valence-corrected chi connectivity index (χ2v) is 5.43. The third-order valence-corrected chi connectivity index (χ3v) is 4.49. The summed E-state index contributed by atoms with van der Waals surface area (Å²) in [7, 11) is 1.71. The second kappa shape index (κ2) is 5.00. The minimum atomic E-state index is -0.785. The van der Waals surface area contributed by atoms with Crippen LogP contribution in [0.4, 0.5) is 0 Å². The van der Waals surface area contributed by atoms with Crippen molar-refractivity contribution in [3.63, 3.8) is 0 Å². The van der Waals surface area contributed by atoms with E-state index in [0.717, 1.165) is 11.1 Å². The predicted molar refractivity (Wildman–Crippen MR) is 76.4 cm³/mol. The molecule has 0 aliphatic carbocycles. The molecule has 3 heteroatoms. The highest BCUT2D eigenvalue weighted by Gasteiger charge is 2.42. The molecule has 0 N–H and O–H groups in total. The van der Waals surface area contributed by atoms with Gasteiger partial charge in [-0.05, 0) is 19.1 Å². The fraction of sp³-hybridized carbons (Fsp3) is 0.250. The van der Waals surface area contributed by atoms with Crippen LogP contribution in [0.2, 0.25) is 0 Å². The average Bonchev–Trinajstić information content (AvgIpc) is 2.47. The van der Waals surface area contributed by atoms with Crippen LogP contribution in [-0.2, 0) is 15.3 Å². The quantitative estimate of drug-likeness (QED) is 0.786. The van der Waals surface area contributed by atoms with Gasteiger partial charge in [0.05, 0.1) is 0 Å². The molecule has 19 heavy (non-hydrogen) atoms. The number of methoxy groups -OCH3 is 1. The highest BCUT2D eigenvalue weighted by molar-refractivity contribution is 7.99. The minimum Gasteiger partial charge on any atom is -0.345 e. The summed E-state index contributed by atoms with van der Waals surface area (Å²) in [6.07, 6.45) is 0. The summed E-state index contributed by atoms with van der Waals surface area (Å²) in [5, 5.41) is 0. The van der Waals surface area contributed by atoms with Crippen LogP contribution in [0.1, 0.15) is 18.1 Å². The summed E-state index contributed by atoms with van der Waals surface area (Å²) in [6, 6.07) is 16.5. The van der Waals surface area contributed by atoms with Crippen molar-refractivity contribution >= 4 is 11.8 Å². The fourth-order valence-electron chi connectivity index (χ4n) is 2.56. The lowest BCUT2D eigenvalue weighted by Gasteiger charge is -2.38. The van der Waals surface area contributed by atoms with Crippen LogP contribution in [0.5, 0.6) is 0 Å². The van der Waals surface area contributed by atoms with E-state index in [1.165, 1.54) is 9.79 Å². The second-order valence-electron chi connectivity index (χ2n) is 4.35. The Morgan fingerprint density at radius 3 is 1.95 bits per heavy atom. The largest absolute Gasteiger partial charge is 0.345 e. The first-order chi connectivity index (χ1) is 9.31. The zero-order chi connectivity index (χ0) is 13.3. The maximum atomic E-state index is 6.04. The van der Waals surface area contributed by atoms with Crippen LogP contribution in [0.15, 0.2) is 58.3 Å². The highest BCUT2D eigenvalue weighted by atomic mass is 32.2. The number of fused-ring (bicyclic) bond motifs is 2. The monoisotopic (exact) mass is 272 g/mol. The minimum absolute atomic E-state index is 0.598. The van der Waals surface area contributed by atoms with E-state index >= 15 is 0 Å². The third kappa shape index (κ3) is 1.89. The smallest absolute Gasteiger partial charge is 0.224 e. The topological polar surface area (TPSA) is 18.5 Å². The molecule has 0 saturated heterocycles. The molecule has 0 unspecified atom stereocenters.